The lowest BCUT2D eigenvalue weighted by molar-refractivity contribution is -0.147. The summed E-state index contributed by atoms with van der Waals surface area (Å²) in [6.07, 6.45) is -0.145. The van der Waals surface area contributed by atoms with Crippen LogP contribution in [0.4, 0.5) is 0 Å². The molecule has 1 heterocycles. The molecule has 1 aliphatic rings. The van der Waals surface area contributed by atoms with Gasteiger partial charge in [-0.2, -0.15) is 0 Å². The average Bonchev–Trinajstić information content (AvgIpc) is 2.41. The number of carbonyl (C=O) groups excluding carboxylic acids is 1. The highest BCUT2D eigenvalue weighted by Gasteiger charge is 2.34. The maximum Gasteiger partial charge on any atom is 0.246 e. The third kappa shape index (κ3) is 4.53. The van der Waals surface area contributed by atoms with E-state index in [1.54, 1.807) is 14.2 Å². The van der Waals surface area contributed by atoms with Gasteiger partial charge in [0.15, 0.2) is 0 Å². The number of hydrogen-bond acceptors (Lipinski definition) is 5. The molecule has 0 spiro atoms. The Kier molecular flexibility index (Phi) is 7.19. The van der Waals surface area contributed by atoms with Gasteiger partial charge in [0.1, 0.15) is 12.7 Å². The standard InChI is InChI=1S/C12H23NO5/c1-4-17-8-11(14)13-5-9-6-18-7-10(15-2)12(9)16-3/h9-10,12H,4-8H2,1-3H3,(H,13,14)/t9-,10-,12+/m1/s1. The van der Waals surface area contributed by atoms with Crippen LogP contribution in [-0.4, -0.2) is 65.3 Å². The van der Waals surface area contributed by atoms with Crippen LogP contribution in [0.2, 0.25) is 0 Å². The van der Waals surface area contributed by atoms with Crippen molar-refractivity contribution in [3.63, 3.8) is 0 Å². The molecule has 0 aromatic heterocycles. The zero-order chi connectivity index (χ0) is 13.4. The summed E-state index contributed by atoms with van der Waals surface area (Å²) in [5.41, 5.74) is 0. The van der Waals surface area contributed by atoms with Crippen molar-refractivity contribution in [3.8, 4) is 0 Å². The van der Waals surface area contributed by atoms with Crippen molar-refractivity contribution >= 4 is 5.91 Å². The molecule has 6 heteroatoms. The Balaban J connectivity index is 2.37. The van der Waals surface area contributed by atoms with Crippen molar-refractivity contribution < 1.29 is 23.7 Å². The first-order valence-electron chi connectivity index (χ1n) is 6.20. The van der Waals surface area contributed by atoms with Gasteiger partial charge in [0.25, 0.3) is 0 Å². The molecule has 0 aliphatic carbocycles. The Hall–Kier alpha value is -0.690. The van der Waals surface area contributed by atoms with Gasteiger partial charge in [0.05, 0.1) is 19.3 Å². The zero-order valence-electron chi connectivity index (χ0n) is 11.3. The Morgan fingerprint density at radius 3 is 2.72 bits per heavy atom. The fourth-order valence-corrected chi connectivity index (χ4v) is 2.04. The van der Waals surface area contributed by atoms with Crippen LogP contribution in [0.5, 0.6) is 0 Å². The van der Waals surface area contributed by atoms with Gasteiger partial charge in [0, 0.05) is 33.3 Å². The summed E-state index contributed by atoms with van der Waals surface area (Å²) in [7, 11) is 3.28. The second-order valence-corrected chi connectivity index (χ2v) is 4.21. The van der Waals surface area contributed by atoms with Crippen molar-refractivity contribution in [3.05, 3.63) is 0 Å². The quantitative estimate of drug-likeness (QED) is 0.688. The van der Waals surface area contributed by atoms with Gasteiger partial charge in [-0.25, -0.2) is 0 Å². The van der Waals surface area contributed by atoms with Crippen molar-refractivity contribution in [2.75, 3.05) is 47.2 Å². The molecule has 0 unspecified atom stereocenters. The number of nitrogens with one attached hydrogen (secondary N) is 1. The molecule has 0 radical (unpaired) electrons. The van der Waals surface area contributed by atoms with Crippen LogP contribution < -0.4 is 5.32 Å². The summed E-state index contributed by atoms with van der Waals surface area (Å²) in [6, 6.07) is 0. The van der Waals surface area contributed by atoms with Crippen LogP contribution in [-0.2, 0) is 23.7 Å². The maximum absolute atomic E-state index is 11.4. The van der Waals surface area contributed by atoms with Crippen LogP contribution in [0, 0.1) is 5.92 Å². The van der Waals surface area contributed by atoms with Gasteiger partial charge in [-0.3, -0.25) is 4.79 Å². The molecule has 1 amide bonds. The van der Waals surface area contributed by atoms with E-state index in [4.69, 9.17) is 18.9 Å². The Labute approximate surface area is 108 Å². The first-order chi connectivity index (χ1) is 8.72. The van der Waals surface area contributed by atoms with Crippen LogP contribution in [0.3, 0.4) is 0 Å². The van der Waals surface area contributed by atoms with Crippen LogP contribution in [0.25, 0.3) is 0 Å². The summed E-state index contributed by atoms with van der Waals surface area (Å²) in [4.78, 5) is 11.4. The molecule has 18 heavy (non-hydrogen) atoms. The molecule has 0 aromatic carbocycles. The third-order valence-electron chi connectivity index (χ3n) is 3.02. The summed E-state index contributed by atoms with van der Waals surface area (Å²) < 4.78 is 21.2. The lowest BCUT2D eigenvalue weighted by atomic mass is 9.96. The Bertz CT molecular complexity index is 249. The van der Waals surface area contributed by atoms with E-state index >= 15 is 0 Å². The van der Waals surface area contributed by atoms with Gasteiger partial charge in [0.2, 0.25) is 5.91 Å². The highest BCUT2D eigenvalue weighted by atomic mass is 16.6. The predicted molar refractivity (Wildman–Crippen MR) is 65.4 cm³/mol. The van der Waals surface area contributed by atoms with Crippen molar-refractivity contribution in [2.24, 2.45) is 5.92 Å². The van der Waals surface area contributed by atoms with E-state index < -0.39 is 0 Å². The lowest BCUT2D eigenvalue weighted by Crippen LogP contribution is -2.50. The monoisotopic (exact) mass is 261 g/mol. The zero-order valence-corrected chi connectivity index (χ0v) is 11.3. The highest BCUT2D eigenvalue weighted by Crippen LogP contribution is 2.19. The fraction of sp³-hybridized carbons (Fsp3) is 0.917. The number of amides is 1. The molecule has 0 bridgehead atoms. The summed E-state index contributed by atoms with van der Waals surface area (Å²) in [6.45, 7) is 4.07. The lowest BCUT2D eigenvalue weighted by Gasteiger charge is -2.36. The van der Waals surface area contributed by atoms with Crippen LogP contribution >= 0.6 is 0 Å². The molecular weight excluding hydrogens is 238 g/mol. The molecule has 1 rings (SSSR count). The number of rotatable bonds is 7. The number of hydrogen-bond donors (Lipinski definition) is 1. The minimum absolute atomic E-state index is 0.0591. The van der Waals surface area contributed by atoms with Gasteiger partial charge >= 0.3 is 0 Å². The second kappa shape index (κ2) is 8.42. The minimum atomic E-state index is -0.119. The number of ether oxygens (including phenoxy) is 4. The number of methoxy groups -OCH3 is 2. The van der Waals surface area contributed by atoms with Crippen LogP contribution in [0.1, 0.15) is 6.92 Å². The van der Waals surface area contributed by atoms with Gasteiger partial charge in [-0.05, 0) is 6.92 Å². The molecule has 0 saturated carbocycles. The van der Waals surface area contributed by atoms with E-state index in [0.29, 0.717) is 26.4 Å². The van der Waals surface area contributed by atoms with Crippen molar-refractivity contribution in [1.82, 2.24) is 5.32 Å². The van der Waals surface area contributed by atoms with Crippen molar-refractivity contribution in [1.29, 1.82) is 0 Å². The van der Waals surface area contributed by atoms with Gasteiger partial charge < -0.3 is 24.3 Å². The average molecular weight is 261 g/mol. The van der Waals surface area contributed by atoms with Gasteiger partial charge in [-0.1, -0.05) is 0 Å². The molecule has 1 N–H and O–H groups in total. The van der Waals surface area contributed by atoms with E-state index in [2.05, 4.69) is 5.32 Å². The molecule has 0 aromatic rings. The molecular formula is C12H23NO5. The molecule has 3 atom stereocenters. The smallest absolute Gasteiger partial charge is 0.246 e. The van der Waals surface area contributed by atoms with Crippen molar-refractivity contribution in [2.45, 2.75) is 19.1 Å². The van der Waals surface area contributed by atoms with Gasteiger partial charge in [-0.15, -0.1) is 0 Å². The molecule has 106 valence electrons. The normalized spacial score (nSPS) is 28.1. The third-order valence-corrected chi connectivity index (χ3v) is 3.02. The Morgan fingerprint density at radius 1 is 1.33 bits per heavy atom. The SMILES string of the molecule is CCOCC(=O)NC[C@@H]1COC[C@@H](OC)[C@H]1OC. The van der Waals surface area contributed by atoms with Crippen LogP contribution in [0.15, 0.2) is 0 Å². The first-order valence-corrected chi connectivity index (χ1v) is 6.20. The van der Waals surface area contributed by atoms with E-state index in [1.807, 2.05) is 6.92 Å². The predicted octanol–water partition coefficient (Wildman–Crippen LogP) is -0.184. The largest absolute Gasteiger partial charge is 0.378 e. The van der Waals surface area contributed by atoms with E-state index in [0.717, 1.165) is 0 Å². The molecule has 1 aliphatic heterocycles. The van der Waals surface area contributed by atoms with E-state index in [1.165, 1.54) is 0 Å². The second-order valence-electron chi connectivity index (χ2n) is 4.21. The maximum atomic E-state index is 11.4. The highest BCUT2D eigenvalue weighted by molar-refractivity contribution is 5.77. The molecule has 6 nitrogen and oxygen atoms in total. The summed E-state index contributed by atoms with van der Waals surface area (Å²) >= 11 is 0. The molecule has 1 saturated heterocycles. The minimum Gasteiger partial charge on any atom is -0.378 e. The topological polar surface area (TPSA) is 66.0 Å². The number of carbonyl (C=O) groups is 1. The summed E-state index contributed by atoms with van der Waals surface area (Å²) in [5, 5.41) is 2.82. The van der Waals surface area contributed by atoms with E-state index in [-0.39, 0.29) is 30.6 Å². The Morgan fingerprint density at radius 2 is 2.11 bits per heavy atom. The summed E-state index contributed by atoms with van der Waals surface area (Å²) in [5.74, 6) is -0.0227. The molecule has 1 fully saturated rings. The fourth-order valence-electron chi connectivity index (χ4n) is 2.04. The van der Waals surface area contributed by atoms with E-state index in [9.17, 15) is 4.79 Å². The first kappa shape index (κ1) is 15.4.